The fourth-order valence-corrected chi connectivity index (χ4v) is 1.82. The molecule has 1 aliphatic rings. The summed E-state index contributed by atoms with van der Waals surface area (Å²) < 4.78 is 5.32. The lowest BCUT2D eigenvalue weighted by Crippen LogP contribution is -2.31. The number of hydrogen-bond donors (Lipinski definition) is 1. The predicted octanol–water partition coefficient (Wildman–Crippen LogP) is 0.694. The predicted molar refractivity (Wildman–Crippen MR) is 54.7 cm³/mol. The SMILES string of the molecule is CN(CCCN)CC1CCOCC1. The Morgan fingerprint density at radius 3 is 2.69 bits per heavy atom. The van der Waals surface area contributed by atoms with E-state index in [1.807, 2.05) is 0 Å². The van der Waals surface area contributed by atoms with Crippen LogP contribution in [0.3, 0.4) is 0 Å². The van der Waals surface area contributed by atoms with Gasteiger partial charge in [-0.05, 0) is 45.3 Å². The van der Waals surface area contributed by atoms with Gasteiger partial charge in [0.05, 0.1) is 0 Å². The van der Waals surface area contributed by atoms with Gasteiger partial charge in [-0.3, -0.25) is 0 Å². The fraction of sp³-hybridized carbons (Fsp3) is 1.00. The van der Waals surface area contributed by atoms with Crippen LogP contribution in [0.25, 0.3) is 0 Å². The average Bonchev–Trinajstić information content (AvgIpc) is 2.16. The van der Waals surface area contributed by atoms with Crippen LogP contribution in [-0.2, 0) is 4.74 Å². The highest BCUT2D eigenvalue weighted by molar-refractivity contribution is 4.67. The van der Waals surface area contributed by atoms with E-state index in [2.05, 4.69) is 11.9 Å². The smallest absolute Gasteiger partial charge is 0.0469 e. The Kier molecular flexibility index (Phi) is 5.35. The minimum absolute atomic E-state index is 0.804. The molecule has 0 spiro atoms. The van der Waals surface area contributed by atoms with Crippen LogP contribution in [0.5, 0.6) is 0 Å². The van der Waals surface area contributed by atoms with E-state index in [0.717, 1.165) is 38.6 Å². The number of rotatable bonds is 5. The maximum absolute atomic E-state index is 5.46. The molecule has 3 nitrogen and oxygen atoms in total. The topological polar surface area (TPSA) is 38.5 Å². The summed E-state index contributed by atoms with van der Waals surface area (Å²) in [5.41, 5.74) is 5.46. The van der Waals surface area contributed by atoms with E-state index in [0.29, 0.717) is 0 Å². The molecule has 78 valence electrons. The third-order valence-electron chi connectivity index (χ3n) is 2.65. The molecule has 3 heteroatoms. The van der Waals surface area contributed by atoms with E-state index in [4.69, 9.17) is 10.5 Å². The van der Waals surface area contributed by atoms with Crippen molar-refractivity contribution in [1.29, 1.82) is 0 Å². The summed E-state index contributed by atoms with van der Waals surface area (Å²) in [6, 6.07) is 0. The van der Waals surface area contributed by atoms with E-state index in [1.165, 1.54) is 19.4 Å². The van der Waals surface area contributed by atoms with Crippen LogP contribution in [0.15, 0.2) is 0 Å². The Bertz CT molecular complexity index is 124. The quantitative estimate of drug-likeness (QED) is 0.686. The third-order valence-corrected chi connectivity index (χ3v) is 2.65. The van der Waals surface area contributed by atoms with E-state index in [9.17, 15) is 0 Å². The molecule has 0 aromatic rings. The minimum atomic E-state index is 0.804. The monoisotopic (exact) mass is 186 g/mol. The van der Waals surface area contributed by atoms with Crippen molar-refractivity contribution in [3.05, 3.63) is 0 Å². The zero-order chi connectivity index (χ0) is 9.52. The molecule has 0 atom stereocenters. The number of ether oxygens (including phenoxy) is 1. The van der Waals surface area contributed by atoms with Gasteiger partial charge in [-0.1, -0.05) is 0 Å². The number of nitrogens with zero attached hydrogens (tertiary/aromatic N) is 1. The first-order chi connectivity index (χ1) is 6.33. The molecule has 0 unspecified atom stereocenters. The van der Waals surface area contributed by atoms with Crippen LogP contribution in [0, 0.1) is 5.92 Å². The first kappa shape index (κ1) is 11.0. The fourth-order valence-electron chi connectivity index (χ4n) is 1.82. The normalized spacial score (nSPS) is 19.6. The Labute approximate surface area is 81.2 Å². The van der Waals surface area contributed by atoms with Gasteiger partial charge in [0.15, 0.2) is 0 Å². The lowest BCUT2D eigenvalue weighted by Gasteiger charge is -2.26. The summed E-state index contributed by atoms with van der Waals surface area (Å²) in [5, 5.41) is 0. The maximum atomic E-state index is 5.46. The van der Waals surface area contributed by atoms with Gasteiger partial charge in [0.25, 0.3) is 0 Å². The van der Waals surface area contributed by atoms with Crippen LogP contribution in [0.4, 0.5) is 0 Å². The second-order valence-electron chi connectivity index (χ2n) is 3.96. The molecule has 0 radical (unpaired) electrons. The Morgan fingerprint density at radius 1 is 1.38 bits per heavy atom. The molecule has 0 bridgehead atoms. The summed E-state index contributed by atoms with van der Waals surface area (Å²) in [6.07, 6.45) is 3.57. The van der Waals surface area contributed by atoms with Crippen LogP contribution in [0.1, 0.15) is 19.3 Å². The first-order valence-corrected chi connectivity index (χ1v) is 5.29. The Morgan fingerprint density at radius 2 is 2.08 bits per heavy atom. The summed E-state index contributed by atoms with van der Waals surface area (Å²) in [4.78, 5) is 2.39. The molecule has 1 rings (SSSR count). The number of hydrogen-bond acceptors (Lipinski definition) is 3. The summed E-state index contributed by atoms with van der Waals surface area (Å²) in [5.74, 6) is 0.844. The lowest BCUT2D eigenvalue weighted by molar-refractivity contribution is 0.0557. The molecule has 0 saturated carbocycles. The maximum Gasteiger partial charge on any atom is 0.0469 e. The molecule has 1 aliphatic heterocycles. The van der Waals surface area contributed by atoms with Crippen molar-refractivity contribution in [3.8, 4) is 0 Å². The molecular formula is C10H22N2O. The molecule has 1 saturated heterocycles. The molecule has 13 heavy (non-hydrogen) atoms. The second kappa shape index (κ2) is 6.35. The first-order valence-electron chi connectivity index (χ1n) is 5.29. The molecule has 0 amide bonds. The van der Waals surface area contributed by atoms with Crippen LogP contribution in [-0.4, -0.2) is 44.8 Å². The van der Waals surface area contributed by atoms with E-state index in [1.54, 1.807) is 0 Å². The van der Waals surface area contributed by atoms with Gasteiger partial charge >= 0.3 is 0 Å². The highest BCUT2D eigenvalue weighted by atomic mass is 16.5. The van der Waals surface area contributed by atoms with Crippen molar-refractivity contribution in [2.75, 3.05) is 39.9 Å². The third kappa shape index (κ3) is 4.60. The van der Waals surface area contributed by atoms with Crippen molar-refractivity contribution < 1.29 is 4.74 Å². The van der Waals surface area contributed by atoms with Crippen molar-refractivity contribution >= 4 is 0 Å². The molecule has 2 N–H and O–H groups in total. The zero-order valence-corrected chi connectivity index (χ0v) is 8.67. The van der Waals surface area contributed by atoms with Crippen molar-refractivity contribution in [1.82, 2.24) is 4.90 Å². The Hall–Kier alpha value is -0.120. The van der Waals surface area contributed by atoms with Gasteiger partial charge in [-0.25, -0.2) is 0 Å². The van der Waals surface area contributed by atoms with Crippen molar-refractivity contribution in [3.63, 3.8) is 0 Å². The van der Waals surface area contributed by atoms with Gasteiger partial charge in [-0.2, -0.15) is 0 Å². The van der Waals surface area contributed by atoms with Crippen LogP contribution in [0.2, 0.25) is 0 Å². The summed E-state index contributed by atoms with van der Waals surface area (Å²) in [6.45, 7) is 5.06. The second-order valence-corrected chi connectivity index (χ2v) is 3.96. The van der Waals surface area contributed by atoms with Gasteiger partial charge in [0, 0.05) is 19.8 Å². The van der Waals surface area contributed by atoms with Crippen LogP contribution < -0.4 is 5.73 Å². The summed E-state index contributed by atoms with van der Waals surface area (Å²) in [7, 11) is 2.19. The number of nitrogens with two attached hydrogens (primary N) is 1. The molecule has 0 aromatic heterocycles. The molecule has 0 aromatic carbocycles. The molecule has 1 fully saturated rings. The minimum Gasteiger partial charge on any atom is -0.381 e. The van der Waals surface area contributed by atoms with Gasteiger partial charge in [0.1, 0.15) is 0 Å². The van der Waals surface area contributed by atoms with Gasteiger partial charge < -0.3 is 15.4 Å². The van der Waals surface area contributed by atoms with Gasteiger partial charge in [-0.15, -0.1) is 0 Å². The van der Waals surface area contributed by atoms with E-state index >= 15 is 0 Å². The molecular weight excluding hydrogens is 164 g/mol. The highest BCUT2D eigenvalue weighted by Gasteiger charge is 2.14. The molecule has 0 aliphatic carbocycles. The summed E-state index contributed by atoms with van der Waals surface area (Å²) >= 11 is 0. The molecule has 1 heterocycles. The highest BCUT2D eigenvalue weighted by Crippen LogP contribution is 2.15. The van der Waals surface area contributed by atoms with E-state index in [-0.39, 0.29) is 0 Å². The van der Waals surface area contributed by atoms with Gasteiger partial charge in [0.2, 0.25) is 0 Å². The van der Waals surface area contributed by atoms with Crippen molar-refractivity contribution in [2.45, 2.75) is 19.3 Å². The standard InChI is InChI=1S/C10H22N2O/c1-12(6-2-5-11)9-10-3-7-13-8-4-10/h10H,2-9,11H2,1H3. The van der Waals surface area contributed by atoms with Crippen molar-refractivity contribution in [2.24, 2.45) is 11.7 Å². The average molecular weight is 186 g/mol. The van der Waals surface area contributed by atoms with Crippen LogP contribution >= 0.6 is 0 Å². The lowest BCUT2D eigenvalue weighted by atomic mass is 10.00. The largest absolute Gasteiger partial charge is 0.381 e. The Balaban J connectivity index is 2.07. The van der Waals surface area contributed by atoms with E-state index < -0.39 is 0 Å². The zero-order valence-electron chi connectivity index (χ0n) is 8.67.